The molecule has 0 aliphatic rings. The molecule has 0 spiro atoms. The second kappa shape index (κ2) is 5.09. The van der Waals surface area contributed by atoms with Crippen molar-refractivity contribution >= 4 is 11.2 Å². The lowest BCUT2D eigenvalue weighted by Crippen LogP contribution is -2.19. The summed E-state index contributed by atoms with van der Waals surface area (Å²) in [4.78, 5) is 19.2. The van der Waals surface area contributed by atoms with Crippen LogP contribution < -0.4 is 15.6 Å². The molecule has 18 heavy (non-hydrogen) atoms. The fourth-order valence-corrected chi connectivity index (χ4v) is 1.46. The molecule has 96 valence electrons. The minimum atomic E-state index is -0.593. The molecule has 7 heteroatoms. The van der Waals surface area contributed by atoms with E-state index < -0.39 is 5.82 Å². The van der Waals surface area contributed by atoms with Crippen LogP contribution in [0, 0.1) is 5.82 Å². The van der Waals surface area contributed by atoms with Gasteiger partial charge in [0.1, 0.15) is 12.1 Å². The number of pyridine rings is 1. The highest BCUT2D eigenvalue weighted by atomic mass is 19.1. The predicted octanol–water partition coefficient (Wildman–Crippen LogP) is 0.0658. The van der Waals surface area contributed by atoms with Gasteiger partial charge >= 0.3 is 0 Å². The van der Waals surface area contributed by atoms with E-state index in [0.29, 0.717) is 24.3 Å². The maximum atomic E-state index is 13.6. The van der Waals surface area contributed by atoms with Gasteiger partial charge in [-0.15, -0.1) is 0 Å². The third kappa shape index (κ3) is 2.30. The van der Waals surface area contributed by atoms with Gasteiger partial charge in [0.15, 0.2) is 11.5 Å². The Labute approximate surface area is 102 Å². The number of fused-ring (bicyclic) bond motifs is 1. The Hall–Kier alpha value is -2.02. The summed E-state index contributed by atoms with van der Waals surface area (Å²) in [5, 5.41) is 2.87. The summed E-state index contributed by atoms with van der Waals surface area (Å²) in [6, 6.07) is 1.20. The third-order valence-corrected chi connectivity index (χ3v) is 2.46. The second-order valence-corrected chi connectivity index (χ2v) is 3.73. The smallest absolute Gasteiger partial charge is 0.270 e. The molecule has 0 unspecified atom stereocenters. The molecule has 2 rings (SSSR count). The van der Waals surface area contributed by atoms with E-state index in [1.54, 1.807) is 14.1 Å². The van der Waals surface area contributed by atoms with Gasteiger partial charge in [-0.1, -0.05) is 0 Å². The van der Waals surface area contributed by atoms with Gasteiger partial charge in [0, 0.05) is 19.7 Å². The van der Waals surface area contributed by atoms with E-state index >= 15 is 0 Å². The SMILES string of the molecule is CNCCOc1nc2c(cc1F)ncc(=O)n2C. The Morgan fingerprint density at radius 1 is 1.56 bits per heavy atom. The van der Waals surface area contributed by atoms with E-state index in [1.165, 1.54) is 10.6 Å². The number of hydrogen-bond acceptors (Lipinski definition) is 5. The van der Waals surface area contributed by atoms with Gasteiger partial charge in [0.25, 0.3) is 11.4 Å². The van der Waals surface area contributed by atoms with Gasteiger partial charge in [-0.3, -0.25) is 9.36 Å². The number of aromatic nitrogens is 3. The highest BCUT2D eigenvalue weighted by molar-refractivity contribution is 5.70. The first-order chi connectivity index (χ1) is 8.63. The first kappa shape index (κ1) is 12.4. The van der Waals surface area contributed by atoms with Crippen LogP contribution in [0.3, 0.4) is 0 Å². The summed E-state index contributed by atoms with van der Waals surface area (Å²) in [5.74, 6) is -0.717. The number of aryl methyl sites for hydroxylation is 1. The normalized spacial score (nSPS) is 10.8. The molecule has 2 heterocycles. The van der Waals surface area contributed by atoms with Crippen molar-refractivity contribution in [1.82, 2.24) is 19.9 Å². The van der Waals surface area contributed by atoms with Crippen LogP contribution in [-0.2, 0) is 7.05 Å². The minimum absolute atomic E-state index is 0.124. The number of likely N-dealkylation sites (N-methyl/N-ethyl adjacent to an activating group) is 1. The van der Waals surface area contributed by atoms with Crippen LogP contribution in [0.2, 0.25) is 0 Å². The molecular weight excluding hydrogens is 239 g/mol. The Kier molecular flexibility index (Phi) is 3.52. The molecule has 0 fully saturated rings. The van der Waals surface area contributed by atoms with E-state index in [2.05, 4.69) is 15.3 Å². The zero-order valence-electron chi connectivity index (χ0n) is 10.1. The van der Waals surface area contributed by atoms with Crippen LogP contribution in [0.5, 0.6) is 5.88 Å². The lowest BCUT2D eigenvalue weighted by Gasteiger charge is -2.08. The van der Waals surface area contributed by atoms with Crippen molar-refractivity contribution in [2.45, 2.75) is 0 Å². The molecule has 0 aromatic carbocycles. The van der Waals surface area contributed by atoms with Gasteiger partial charge in [-0.05, 0) is 7.05 Å². The molecular formula is C11H13FN4O2. The van der Waals surface area contributed by atoms with Crippen LogP contribution in [-0.4, -0.2) is 34.7 Å². The van der Waals surface area contributed by atoms with Crippen molar-refractivity contribution in [2.75, 3.05) is 20.2 Å². The average Bonchev–Trinajstić information content (AvgIpc) is 2.36. The molecule has 0 amide bonds. The molecule has 6 nitrogen and oxygen atoms in total. The maximum Gasteiger partial charge on any atom is 0.270 e. The summed E-state index contributed by atoms with van der Waals surface area (Å²) >= 11 is 0. The van der Waals surface area contributed by atoms with Gasteiger partial charge in [0.05, 0.1) is 6.20 Å². The monoisotopic (exact) mass is 252 g/mol. The summed E-state index contributed by atoms with van der Waals surface area (Å²) in [6.45, 7) is 0.866. The molecule has 0 bridgehead atoms. The molecule has 0 atom stereocenters. The number of rotatable bonds is 4. The van der Waals surface area contributed by atoms with Crippen molar-refractivity contribution in [2.24, 2.45) is 7.05 Å². The van der Waals surface area contributed by atoms with E-state index in [1.807, 2.05) is 0 Å². The zero-order valence-corrected chi connectivity index (χ0v) is 10.1. The van der Waals surface area contributed by atoms with Crippen LogP contribution in [0.15, 0.2) is 17.1 Å². The van der Waals surface area contributed by atoms with Gasteiger partial charge in [-0.25, -0.2) is 9.37 Å². The lowest BCUT2D eigenvalue weighted by atomic mass is 10.4. The Morgan fingerprint density at radius 2 is 2.33 bits per heavy atom. The van der Waals surface area contributed by atoms with Crippen molar-refractivity contribution in [3.05, 3.63) is 28.4 Å². The van der Waals surface area contributed by atoms with Gasteiger partial charge in [0.2, 0.25) is 0 Å². The van der Waals surface area contributed by atoms with Gasteiger partial charge < -0.3 is 10.1 Å². The first-order valence-corrected chi connectivity index (χ1v) is 5.43. The molecule has 0 radical (unpaired) electrons. The number of nitrogens with one attached hydrogen (secondary N) is 1. The molecule has 0 saturated carbocycles. The standard InChI is InChI=1S/C11H13FN4O2/c1-13-3-4-18-11-7(12)5-8-10(15-11)16(2)9(17)6-14-8/h5-6,13H,3-4H2,1-2H3. The van der Waals surface area contributed by atoms with Crippen LogP contribution in [0.25, 0.3) is 11.2 Å². The number of nitrogens with zero attached hydrogens (tertiary/aromatic N) is 3. The minimum Gasteiger partial charge on any atom is -0.474 e. The fourth-order valence-electron chi connectivity index (χ4n) is 1.46. The first-order valence-electron chi connectivity index (χ1n) is 5.43. The zero-order chi connectivity index (χ0) is 13.1. The predicted molar refractivity (Wildman–Crippen MR) is 64.2 cm³/mol. The van der Waals surface area contributed by atoms with Crippen LogP contribution in [0.4, 0.5) is 4.39 Å². The van der Waals surface area contributed by atoms with Crippen LogP contribution in [0.1, 0.15) is 0 Å². The van der Waals surface area contributed by atoms with E-state index in [4.69, 9.17) is 4.74 Å². The molecule has 0 aliphatic carbocycles. The second-order valence-electron chi connectivity index (χ2n) is 3.73. The Morgan fingerprint density at radius 3 is 3.06 bits per heavy atom. The molecule has 1 N–H and O–H groups in total. The summed E-state index contributed by atoms with van der Waals surface area (Å²) in [7, 11) is 3.32. The lowest BCUT2D eigenvalue weighted by molar-refractivity contribution is 0.290. The number of hydrogen-bond donors (Lipinski definition) is 1. The van der Waals surface area contributed by atoms with Crippen molar-refractivity contribution in [3.63, 3.8) is 0 Å². The molecule has 2 aromatic rings. The highest BCUT2D eigenvalue weighted by Gasteiger charge is 2.11. The average molecular weight is 252 g/mol. The quantitative estimate of drug-likeness (QED) is 0.780. The number of ether oxygens (including phenoxy) is 1. The Bertz CT molecular complexity index is 626. The third-order valence-electron chi connectivity index (χ3n) is 2.46. The largest absolute Gasteiger partial charge is 0.474 e. The van der Waals surface area contributed by atoms with Gasteiger partial charge in [-0.2, -0.15) is 4.98 Å². The van der Waals surface area contributed by atoms with Crippen molar-refractivity contribution < 1.29 is 9.13 Å². The topological polar surface area (TPSA) is 69.0 Å². The highest BCUT2D eigenvalue weighted by Crippen LogP contribution is 2.17. The maximum absolute atomic E-state index is 13.6. The molecule has 2 aromatic heterocycles. The van der Waals surface area contributed by atoms with E-state index in [9.17, 15) is 9.18 Å². The number of halogens is 1. The van der Waals surface area contributed by atoms with E-state index in [0.717, 1.165) is 6.20 Å². The van der Waals surface area contributed by atoms with E-state index in [-0.39, 0.29) is 11.4 Å². The summed E-state index contributed by atoms with van der Waals surface area (Å²) in [6.07, 6.45) is 1.13. The molecule has 0 aliphatic heterocycles. The fraction of sp³-hybridized carbons (Fsp3) is 0.364. The van der Waals surface area contributed by atoms with Crippen molar-refractivity contribution in [3.8, 4) is 5.88 Å². The summed E-state index contributed by atoms with van der Waals surface area (Å²) in [5.41, 5.74) is 0.307. The molecule has 0 saturated heterocycles. The summed E-state index contributed by atoms with van der Waals surface area (Å²) < 4.78 is 20.1. The Balaban J connectivity index is 2.45. The van der Waals surface area contributed by atoms with Crippen molar-refractivity contribution in [1.29, 1.82) is 0 Å². The van der Waals surface area contributed by atoms with Crippen LogP contribution >= 0.6 is 0 Å².